The van der Waals surface area contributed by atoms with Gasteiger partial charge in [-0.25, -0.2) is 0 Å². The van der Waals surface area contributed by atoms with E-state index in [0.717, 1.165) is 57.8 Å². The molecule has 0 heterocycles. The van der Waals surface area contributed by atoms with Gasteiger partial charge in [-0.3, -0.25) is 14.4 Å². The van der Waals surface area contributed by atoms with E-state index in [1.54, 1.807) is 0 Å². The highest BCUT2D eigenvalue weighted by atomic mass is 16.6. The van der Waals surface area contributed by atoms with Crippen LogP contribution in [0.4, 0.5) is 0 Å². The molecule has 0 radical (unpaired) electrons. The molecule has 0 saturated carbocycles. The fourth-order valence-corrected chi connectivity index (χ4v) is 9.68. The van der Waals surface area contributed by atoms with E-state index < -0.39 is 6.10 Å². The predicted octanol–water partition coefficient (Wildman–Crippen LogP) is 20.7. The highest BCUT2D eigenvalue weighted by molar-refractivity contribution is 5.71. The van der Waals surface area contributed by atoms with E-state index in [4.69, 9.17) is 14.2 Å². The van der Waals surface area contributed by atoms with Gasteiger partial charge in [0.05, 0.1) is 0 Å². The molecule has 0 spiro atoms. The summed E-state index contributed by atoms with van der Waals surface area (Å²) in [6, 6.07) is 0. The van der Waals surface area contributed by atoms with E-state index in [0.29, 0.717) is 19.3 Å². The Morgan fingerprint density at radius 2 is 0.397 bits per heavy atom. The second-order valence-electron chi connectivity index (χ2n) is 21.3. The van der Waals surface area contributed by atoms with Crippen molar-refractivity contribution in [3.05, 3.63) is 0 Å². The molecule has 0 aliphatic carbocycles. The van der Waals surface area contributed by atoms with Gasteiger partial charge < -0.3 is 14.2 Å². The zero-order chi connectivity index (χ0) is 49.3. The third-order valence-electron chi connectivity index (χ3n) is 14.4. The minimum absolute atomic E-state index is 0.0610. The van der Waals surface area contributed by atoms with Gasteiger partial charge in [0.2, 0.25) is 0 Å². The molecule has 0 aromatic heterocycles. The minimum atomic E-state index is -0.761. The van der Waals surface area contributed by atoms with Crippen molar-refractivity contribution in [2.45, 2.75) is 367 Å². The second-order valence-corrected chi connectivity index (χ2v) is 21.3. The van der Waals surface area contributed by atoms with Crippen LogP contribution in [0.1, 0.15) is 361 Å². The van der Waals surface area contributed by atoms with Crippen LogP contribution in [0.5, 0.6) is 0 Å². The third-order valence-corrected chi connectivity index (χ3v) is 14.4. The molecule has 0 rings (SSSR count). The highest BCUT2D eigenvalue weighted by Gasteiger charge is 2.19. The molecular formula is C62H120O6. The topological polar surface area (TPSA) is 78.9 Å². The molecule has 0 bridgehead atoms. The van der Waals surface area contributed by atoms with Crippen LogP contribution < -0.4 is 0 Å². The van der Waals surface area contributed by atoms with Crippen LogP contribution in [0.2, 0.25) is 0 Å². The van der Waals surface area contributed by atoms with E-state index in [2.05, 4.69) is 20.8 Å². The lowest BCUT2D eigenvalue weighted by Crippen LogP contribution is -2.30. The average Bonchev–Trinajstić information content (AvgIpc) is 3.34. The van der Waals surface area contributed by atoms with Gasteiger partial charge in [-0.05, 0) is 19.3 Å². The molecule has 68 heavy (non-hydrogen) atoms. The summed E-state index contributed by atoms with van der Waals surface area (Å²) in [7, 11) is 0. The lowest BCUT2D eigenvalue weighted by molar-refractivity contribution is -0.167. The van der Waals surface area contributed by atoms with E-state index in [1.165, 1.54) is 263 Å². The minimum Gasteiger partial charge on any atom is -0.462 e. The van der Waals surface area contributed by atoms with Crippen molar-refractivity contribution in [3.63, 3.8) is 0 Å². The summed E-state index contributed by atoms with van der Waals surface area (Å²) in [4.78, 5) is 38.1. The molecule has 0 N–H and O–H groups in total. The number of carbonyl (C=O) groups excluding carboxylic acids is 3. The van der Waals surface area contributed by atoms with Crippen molar-refractivity contribution in [2.24, 2.45) is 0 Å². The van der Waals surface area contributed by atoms with Gasteiger partial charge in [-0.15, -0.1) is 0 Å². The third kappa shape index (κ3) is 55.3. The van der Waals surface area contributed by atoms with Gasteiger partial charge >= 0.3 is 17.9 Å². The summed E-state index contributed by atoms with van der Waals surface area (Å²) in [6.45, 7) is 6.71. The zero-order valence-electron chi connectivity index (χ0n) is 46.4. The van der Waals surface area contributed by atoms with Crippen LogP contribution >= 0.6 is 0 Å². The number of rotatable bonds is 58. The number of hydrogen-bond acceptors (Lipinski definition) is 6. The van der Waals surface area contributed by atoms with Crippen molar-refractivity contribution >= 4 is 17.9 Å². The summed E-state index contributed by atoms with van der Waals surface area (Å²) in [6.07, 6.45) is 65.4. The number of unbranched alkanes of at least 4 members (excludes halogenated alkanes) is 47. The molecule has 0 aliphatic rings. The Morgan fingerprint density at radius 3 is 0.588 bits per heavy atom. The fourth-order valence-electron chi connectivity index (χ4n) is 9.68. The first kappa shape index (κ1) is 66.4. The van der Waals surface area contributed by atoms with Crippen LogP contribution in [0, 0.1) is 0 Å². The van der Waals surface area contributed by atoms with Gasteiger partial charge in [-0.1, -0.05) is 323 Å². The molecule has 0 saturated heterocycles. The van der Waals surface area contributed by atoms with Crippen molar-refractivity contribution in [1.29, 1.82) is 0 Å². The predicted molar refractivity (Wildman–Crippen MR) is 294 cm³/mol. The molecule has 1 unspecified atom stereocenters. The quantitative estimate of drug-likeness (QED) is 0.0343. The second kappa shape index (κ2) is 58.0. The van der Waals surface area contributed by atoms with Crippen LogP contribution in [-0.2, 0) is 28.6 Å². The maximum absolute atomic E-state index is 12.8. The lowest BCUT2D eigenvalue weighted by Gasteiger charge is -2.18. The number of hydrogen-bond donors (Lipinski definition) is 0. The van der Waals surface area contributed by atoms with Gasteiger partial charge in [-0.2, -0.15) is 0 Å². The van der Waals surface area contributed by atoms with Gasteiger partial charge in [0.1, 0.15) is 13.2 Å². The first-order chi connectivity index (χ1) is 33.5. The van der Waals surface area contributed by atoms with Gasteiger partial charge in [0.25, 0.3) is 0 Å². The monoisotopic (exact) mass is 961 g/mol. The first-order valence-corrected chi connectivity index (χ1v) is 31.0. The Bertz CT molecular complexity index is 1010. The van der Waals surface area contributed by atoms with Crippen LogP contribution in [0.3, 0.4) is 0 Å². The molecule has 0 fully saturated rings. The number of ether oxygens (including phenoxy) is 3. The molecule has 0 aliphatic heterocycles. The van der Waals surface area contributed by atoms with Crippen molar-refractivity contribution in [2.75, 3.05) is 13.2 Å². The molecule has 0 aromatic carbocycles. The van der Waals surface area contributed by atoms with E-state index in [9.17, 15) is 14.4 Å². The molecule has 1 atom stereocenters. The normalized spacial score (nSPS) is 11.9. The van der Waals surface area contributed by atoms with E-state index in [1.807, 2.05) is 0 Å². The summed E-state index contributed by atoms with van der Waals surface area (Å²) < 4.78 is 16.9. The van der Waals surface area contributed by atoms with Crippen molar-refractivity contribution in [1.82, 2.24) is 0 Å². The van der Waals surface area contributed by atoms with E-state index >= 15 is 0 Å². The molecule has 0 amide bonds. The van der Waals surface area contributed by atoms with Gasteiger partial charge in [0, 0.05) is 19.3 Å². The maximum Gasteiger partial charge on any atom is 0.306 e. The molecule has 6 heteroatoms. The Hall–Kier alpha value is -1.59. The summed E-state index contributed by atoms with van der Waals surface area (Å²) in [5, 5.41) is 0. The SMILES string of the molecule is CCCCCCCCCCCCCCCCCCCCCCCCCCC(=O)OCC(COC(=O)CCCCCCCCCCCCC)OC(=O)CCCCCCCCCCCCCCCCC. The number of carbonyl (C=O) groups is 3. The summed E-state index contributed by atoms with van der Waals surface area (Å²) >= 11 is 0. The van der Waals surface area contributed by atoms with Crippen LogP contribution in [0.15, 0.2) is 0 Å². The van der Waals surface area contributed by atoms with Crippen molar-refractivity contribution < 1.29 is 28.6 Å². The zero-order valence-corrected chi connectivity index (χ0v) is 46.4. The smallest absolute Gasteiger partial charge is 0.306 e. The Morgan fingerprint density at radius 1 is 0.235 bits per heavy atom. The standard InChI is InChI=1S/C62H120O6/c1-4-7-10-13-16-19-22-24-26-27-28-29-30-31-32-33-34-36-37-40-43-46-49-52-55-61(64)67-58-59(57-66-60(63)54-51-48-45-42-39-21-18-15-12-9-6-3)68-62(65)56-53-50-47-44-41-38-35-25-23-20-17-14-11-8-5-2/h59H,4-58H2,1-3H3. The summed E-state index contributed by atoms with van der Waals surface area (Å²) in [5.41, 5.74) is 0. The largest absolute Gasteiger partial charge is 0.462 e. The molecule has 404 valence electrons. The average molecular weight is 962 g/mol. The van der Waals surface area contributed by atoms with Crippen molar-refractivity contribution in [3.8, 4) is 0 Å². The first-order valence-electron chi connectivity index (χ1n) is 31.0. The molecule has 0 aromatic rings. The summed E-state index contributed by atoms with van der Waals surface area (Å²) in [5.74, 6) is -0.831. The maximum atomic E-state index is 12.8. The van der Waals surface area contributed by atoms with Crippen LogP contribution in [0.25, 0.3) is 0 Å². The van der Waals surface area contributed by atoms with Gasteiger partial charge in [0.15, 0.2) is 6.10 Å². The lowest BCUT2D eigenvalue weighted by atomic mass is 10.0. The Labute approximate surface area is 425 Å². The molecule has 6 nitrogen and oxygen atoms in total. The Kier molecular flexibility index (Phi) is 56.6. The van der Waals surface area contributed by atoms with E-state index in [-0.39, 0.29) is 31.1 Å². The fraction of sp³-hybridized carbons (Fsp3) is 0.952. The Balaban J connectivity index is 4.16. The highest BCUT2D eigenvalue weighted by Crippen LogP contribution is 2.18. The number of esters is 3. The molecular weight excluding hydrogens is 841 g/mol. The van der Waals surface area contributed by atoms with Crippen LogP contribution in [-0.4, -0.2) is 37.2 Å².